The Morgan fingerprint density at radius 2 is 1.56 bits per heavy atom. The van der Waals surface area contributed by atoms with Crippen LogP contribution in [0.15, 0.2) is 60.7 Å². The second-order valence-corrected chi connectivity index (χ2v) is 7.37. The smallest absolute Gasteiger partial charge is 0.406 e. The molecule has 3 aromatic carbocycles. The van der Waals surface area contributed by atoms with Crippen LogP contribution in [0.25, 0.3) is 11.1 Å². The Morgan fingerprint density at radius 1 is 0.853 bits per heavy atom. The summed E-state index contributed by atoms with van der Waals surface area (Å²) < 4.78 is 82.4. The highest BCUT2D eigenvalue weighted by molar-refractivity contribution is 6.05. The molecule has 34 heavy (non-hydrogen) atoms. The van der Waals surface area contributed by atoms with E-state index in [1.165, 1.54) is 19.1 Å². The number of anilines is 1. The maximum atomic E-state index is 13.8. The van der Waals surface area contributed by atoms with Crippen molar-refractivity contribution in [1.29, 1.82) is 0 Å². The Labute approximate surface area is 190 Å². The van der Waals surface area contributed by atoms with Gasteiger partial charge in [0.1, 0.15) is 5.75 Å². The second kappa shape index (κ2) is 9.20. The standard InChI is InChI=1S/C24H17F6NO3/c1-13-6-7-15(14(2)32)11-19(13)16-8-9-21(20(12-16)23(25,26)27)31-22(33)17-4-3-5-18(10-17)34-24(28,29)30/h3-12H,1-2H3,(H,31,33). The van der Waals surface area contributed by atoms with E-state index in [0.717, 1.165) is 36.4 Å². The first-order valence-corrected chi connectivity index (χ1v) is 9.75. The van der Waals surface area contributed by atoms with Crippen LogP contribution in [0.2, 0.25) is 0 Å². The molecule has 0 saturated carbocycles. The fraction of sp³-hybridized carbons (Fsp3) is 0.167. The highest BCUT2D eigenvalue weighted by Gasteiger charge is 2.35. The first kappa shape index (κ1) is 24.8. The molecule has 1 N–H and O–H groups in total. The summed E-state index contributed by atoms with van der Waals surface area (Å²) in [6.07, 6.45) is -9.85. The summed E-state index contributed by atoms with van der Waals surface area (Å²) in [7, 11) is 0. The van der Waals surface area contributed by atoms with Crippen molar-refractivity contribution in [3.8, 4) is 16.9 Å². The Bertz CT molecular complexity index is 1250. The molecule has 1 amide bonds. The van der Waals surface area contributed by atoms with E-state index in [1.54, 1.807) is 19.1 Å². The van der Waals surface area contributed by atoms with Gasteiger partial charge >= 0.3 is 12.5 Å². The van der Waals surface area contributed by atoms with Crippen molar-refractivity contribution in [1.82, 2.24) is 0 Å². The van der Waals surface area contributed by atoms with E-state index in [-0.39, 0.29) is 16.9 Å². The molecule has 0 fully saturated rings. The van der Waals surface area contributed by atoms with Crippen LogP contribution in [0.4, 0.5) is 32.0 Å². The number of alkyl halides is 6. The van der Waals surface area contributed by atoms with Gasteiger partial charge in [0.25, 0.3) is 5.91 Å². The van der Waals surface area contributed by atoms with Crippen LogP contribution in [0.5, 0.6) is 5.75 Å². The van der Waals surface area contributed by atoms with E-state index in [1.807, 2.05) is 0 Å². The van der Waals surface area contributed by atoms with Crippen LogP contribution in [-0.4, -0.2) is 18.1 Å². The van der Waals surface area contributed by atoms with Gasteiger partial charge in [-0.25, -0.2) is 0 Å². The number of hydrogen-bond acceptors (Lipinski definition) is 3. The number of rotatable bonds is 5. The lowest BCUT2D eigenvalue weighted by atomic mass is 9.95. The fourth-order valence-electron chi connectivity index (χ4n) is 3.24. The molecule has 178 valence electrons. The zero-order chi connectivity index (χ0) is 25.3. The monoisotopic (exact) mass is 481 g/mol. The van der Waals surface area contributed by atoms with Crippen molar-refractivity contribution in [2.24, 2.45) is 0 Å². The number of carbonyl (C=O) groups excluding carboxylic acids is 2. The summed E-state index contributed by atoms with van der Waals surface area (Å²) >= 11 is 0. The SMILES string of the molecule is CC(=O)c1ccc(C)c(-c2ccc(NC(=O)c3cccc(OC(F)(F)F)c3)c(C(F)(F)F)c2)c1. The molecule has 0 heterocycles. The van der Waals surface area contributed by atoms with E-state index in [0.29, 0.717) is 16.7 Å². The zero-order valence-electron chi connectivity index (χ0n) is 17.8. The van der Waals surface area contributed by atoms with E-state index in [4.69, 9.17) is 0 Å². The minimum Gasteiger partial charge on any atom is -0.406 e. The first-order chi connectivity index (χ1) is 15.7. The highest BCUT2D eigenvalue weighted by atomic mass is 19.4. The van der Waals surface area contributed by atoms with Gasteiger partial charge in [-0.15, -0.1) is 13.2 Å². The van der Waals surface area contributed by atoms with Crippen LogP contribution in [0.1, 0.15) is 38.8 Å². The number of hydrogen-bond donors (Lipinski definition) is 1. The second-order valence-electron chi connectivity index (χ2n) is 7.37. The lowest BCUT2D eigenvalue weighted by Gasteiger charge is -2.17. The molecule has 10 heteroatoms. The lowest BCUT2D eigenvalue weighted by molar-refractivity contribution is -0.274. The molecule has 0 atom stereocenters. The number of benzene rings is 3. The normalized spacial score (nSPS) is 11.8. The van der Waals surface area contributed by atoms with Gasteiger partial charge in [0.05, 0.1) is 11.3 Å². The highest BCUT2D eigenvalue weighted by Crippen LogP contribution is 2.38. The van der Waals surface area contributed by atoms with Gasteiger partial charge in [0.15, 0.2) is 5.78 Å². The third-order valence-corrected chi connectivity index (χ3v) is 4.86. The largest absolute Gasteiger partial charge is 0.573 e. The third-order valence-electron chi connectivity index (χ3n) is 4.86. The lowest BCUT2D eigenvalue weighted by Crippen LogP contribution is -2.19. The van der Waals surface area contributed by atoms with E-state index < -0.39 is 35.4 Å². The van der Waals surface area contributed by atoms with Gasteiger partial charge in [0, 0.05) is 11.1 Å². The molecule has 0 aromatic heterocycles. The van der Waals surface area contributed by atoms with Crippen molar-refractivity contribution in [3.05, 3.63) is 82.9 Å². The average molecular weight is 481 g/mol. The number of aryl methyl sites for hydroxylation is 1. The molecule has 0 aliphatic heterocycles. The van der Waals surface area contributed by atoms with E-state index in [2.05, 4.69) is 10.1 Å². The fourth-order valence-corrected chi connectivity index (χ4v) is 3.24. The van der Waals surface area contributed by atoms with E-state index in [9.17, 15) is 35.9 Å². The van der Waals surface area contributed by atoms with E-state index >= 15 is 0 Å². The molecule has 4 nitrogen and oxygen atoms in total. The summed E-state index contributed by atoms with van der Waals surface area (Å²) in [6, 6.07) is 11.9. The number of nitrogens with one attached hydrogen (secondary N) is 1. The van der Waals surface area contributed by atoms with Crippen molar-refractivity contribution in [2.45, 2.75) is 26.4 Å². The molecular weight excluding hydrogens is 464 g/mol. The molecule has 0 saturated heterocycles. The van der Waals surface area contributed by atoms with Gasteiger partial charge in [-0.3, -0.25) is 9.59 Å². The van der Waals surface area contributed by atoms with Crippen molar-refractivity contribution < 1.29 is 40.7 Å². The van der Waals surface area contributed by atoms with Gasteiger partial charge in [-0.2, -0.15) is 13.2 Å². The maximum absolute atomic E-state index is 13.8. The van der Waals surface area contributed by atoms with Crippen molar-refractivity contribution >= 4 is 17.4 Å². The molecule has 0 aliphatic rings. The van der Waals surface area contributed by atoms with Crippen LogP contribution in [0.3, 0.4) is 0 Å². The molecule has 0 radical (unpaired) electrons. The van der Waals surface area contributed by atoms with Crippen LogP contribution in [-0.2, 0) is 6.18 Å². The minimum atomic E-state index is -4.99. The summed E-state index contributed by atoms with van der Waals surface area (Å²) in [6.45, 7) is 3.02. The predicted molar refractivity (Wildman–Crippen MR) is 113 cm³/mol. The number of ketones is 1. The number of carbonyl (C=O) groups is 2. The van der Waals surface area contributed by atoms with Crippen LogP contribution >= 0.6 is 0 Å². The van der Waals surface area contributed by atoms with Gasteiger partial charge in [-0.05, 0) is 66.9 Å². The number of Topliss-reactive ketones (excluding diaryl/α,β-unsaturated/α-hetero) is 1. The average Bonchev–Trinajstić information content (AvgIpc) is 2.72. The number of ether oxygens (including phenoxy) is 1. The Morgan fingerprint density at radius 3 is 2.18 bits per heavy atom. The Balaban J connectivity index is 1.98. The van der Waals surface area contributed by atoms with Gasteiger partial charge in [-0.1, -0.05) is 24.3 Å². The Kier molecular flexibility index (Phi) is 6.72. The third kappa shape index (κ3) is 5.94. The molecule has 0 spiro atoms. The molecular formula is C24H17F6NO3. The van der Waals surface area contributed by atoms with Crippen LogP contribution < -0.4 is 10.1 Å². The topological polar surface area (TPSA) is 55.4 Å². The van der Waals surface area contributed by atoms with Gasteiger partial charge in [0.2, 0.25) is 0 Å². The molecule has 3 rings (SSSR count). The number of halogens is 6. The summed E-state index contributed by atoms with van der Waals surface area (Å²) in [4.78, 5) is 24.2. The molecule has 3 aromatic rings. The zero-order valence-corrected chi connectivity index (χ0v) is 17.8. The molecule has 0 bridgehead atoms. The summed E-state index contributed by atoms with van der Waals surface area (Å²) in [5, 5.41) is 2.10. The Hall–Kier alpha value is -3.82. The van der Waals surface area contributed by atoms with Crippen LogP contribution in [0, 0.1) is 6.92 Å². The molecule has 0 aliphatic carbocycles. The van der Waals surface area contributed by atoms with Crippen molar-refractivity contribution in [3.63, 3.8) is 0 Å². The quantitative estimate of drug-likeness (QED) is 0.314. The molecule has 0 unspecified atom stereocenters. The predicted octanol–water partition coefficient (Wildman–Crippen LogP) is 7.03. The minimum absolute atomic E-state index is 0.173. The summed E-state index contributed by atoms with van der Waals surface area (Å²) in [5.74, 6) is -1.99. The van der Waals surface area contributed by atoms with Gasteiger partial charge < -0.3 is 10.1 Å². The van der Waals surface area contributed by atoms with Crippen molar-refractivity contribution in [2.75, 3.05) is 5.32 Å². The summed E-state index contributed by atoms with van der Waals surface area (Å²) in [5.41, 5.74) is -0.523. The first-order valence-electron chi connectivity index (χ1n) is 9.75. The maximum Gasteiger partial charge on any atom is 0.573 e. The number of amides is 1.